The average molecular weight is 201 g/mol. The monoisotopic (exact) mass is 201 g/mol. The molecule has 0 spiro atoms. The molecule has 84 valence electrons. The minimum Gasteiger partial charge on any atom is -0.372 e. The van der Waals surface area contributed by atoms with Gasteiger partial charge < -0.3 is 15.8 Å². The van der Waals surface area contributed by atoms with Crippen molar-refractivity contribution in [3.8, 4) is 0 Å². The van der Waals surface area contributed by atoms with Gasteiger partial charge in [-0.15, -0.1) is 0 Å². The largest absolute Gasteiger partial charge is 0.372 e. The summed E-state index contributed by atoms with van der Waals surface area (Å²) in [6.45, 7) is 10.6. The second-order valence-corrected chi connectivity index (χ2v) is 5.65. The zero-order chi connectivity index (χ0) is 10.8. The van der Waals surface area contributed by atoms with E-state index in [0.717, 1.165) is 26.0 Å². The molecule has 0 radical (unpaired) electrons. The van der Waals surface area contributed by atoms with E-state index in [1.807, 2.05) is 0 Å². The van der Waals surface area contributed by atoms with Crippen LogP contribution in [0.1, 0.15) is 40.5 Å². The number of piperidine rings is 1. The van der Waals surface area contributed by atoms with Crippen LogP contribution in [0.25, 0.3) is 0 Å². The smallest absolute Gasteiger partial charge is 0.0977 e. The van der Waals surface area contributed by atoms with Gasteiger partial charge >= 0.3 is 0 Å². The van der Waals surface area contributed by atoms with Crippen molar-refractivity contribution in [1.29, 1.82) is 0 Å². The number of ether oxygens (including phenoxy) is 1. The van der Waals surface area contributed by atoms with Crippen LogP contribution in [0.3, 0.4) is 0 Å². The first kappa shape index (κ1) is 12.0. The molecule has 3 heteroatoms. The molecule has 0 unspecified atom stereocenters. The van der Waals surface area contributed by atoms with Gasteiger partial charge in [0, 0.05) is 11.1 Å². The second kappa shape index (κ2) is 4.17. The molecule has 0 aromatic heterocycles. The van der Waals surface area contributed by atoms with Crippen LogP contribution in [-0.4, -0.2) is 30.3 Å². The fourth-order valence-corrected chi connectivity index (χ4v) is 2.60. The fourth-order valence-electron chi connectivity index (χ4n) is 2.60. The van der Waals surface area contributed by atoms with Crippen molar-refractivity contribution in [3.63, 3.8) is 0 Å². The standard InChI is InChI=1S/C11H24N2O/c1-10(2)7-9(14-6-5-12)8-11(3,4)13-10/h9,13H,5-8,12H2,1-4H3/p+1. The van der Waals surface area contributed by atoms with Crippen molar-refractivity contribution in [2.75, 3.05) is 13.2 Å². The summed E-state index contributed by atoms with van der Waals surface area (Å²) in [6.07, 6.45) is 2.58. The molecule has 0 aliphatic carbocycles. The van der Waals surface area contributed by atoms with Crippen LogP contribution >= 0.6 is 0 Å². The van der Waals surface area contributed by atoms with Gasteiger partial charge in [-0.1, -0.05) is 0 Å². The minimum absolute atomic E-state index is 0.188. The number of quaternary nitrogens is 1. The molecular formula is C11H25N2O+. The van der Waals surface area contributed by atoms with Crippen molar-refractivity contribution >= 4 is 0 Å². The SMILES string of the molecule is CC1(C)CC(OCC[NH3+])CC(C)(C)N1. The first-order valence-electron chi connectivity index (χ1n) is 5.55. The highest BCUT2D eigenvalue weighted by molar-refractivity contribution is 4.97. The molecule has 0 aromatic carbocycles. The zero-order valence-corrected chi connectivity index (χ0v) is 10.0. The predicted molar refractivity (Wildman–Crippen MR) is 58.0 cm³/mol. The molecule has 0 atom stereocenters. The van der Waals surface area contributed by atoms with Crippen LogP contribution in [0.2, 0.25) is 0 Å². The van der Waals surface area contributed by atoms with Gasteiger partial charge in [-0.05, 0) is 40.5 Å². The second-order valence-electron chi connectivity index (χ2n) is 5.65. The Hall–Kier alpha value is -0.120. The van der Waals surface area contributed by atoms with E-state index < -0.39 is 0 Å². The van der Waals surface area contributed by atoms with Gasteiger partial charge in [-0.3, -0.25) is 0 Å². The lowest BCUT2D eigenvalue weighted by atomic mass is 9.81. The third kappa shape index (κ3) is 3.56. The number of hydrogen-bond donors (Lipinski definition) is 2. The average Bonchev–Trinajstić information content (AvgIpc) is 1.94. The van der Waals surface area contributed by atoms with Crippen molar-refractivity contribution in [2.45, 2.75) is 57.7 Å². The molecule has 1 rings (SSSR count). The van der Waals surface area contributed by atoms with E-state index in [1.165, 1.54) is 0 Å². The molecule has 3 nitrogen and oxygen atoms in total. The highest BCUT2D eigenvalue weighted by Crippen LogP contribution is 2.29. The molecule has 0 bridgehead atoms. The zero-order valence-electron chi connectivity index (χ0n) is 10.0. The summed E-state index contributed by atoms with van der Waals surface area (Å²) in [5, 5.41) is 3.64. The Morgan fingerprint density at radius 1 is 1.21 bits per heavy atom. The number of hydrogen-bond acceptors (Lipinski definition) is 2. The lowest BCUT2D eigenvalue weighted by Crippen LogP contribution is -2.60. The summed E-state index contributed by atoms with van der Waals surface area (Å²) in [5.41, 5.74) is 4.18. The maximum absolute atomic E-state index is 5.80. The normalized spacial score (nSPS) is 26.4. The van der Waals surface area contributed by atoms with Gasteiger partial charge in [-0.25, -0.2) is 0 Å². The molecule has 4 N–H and O–H groups in total. The first-order valence-corrected chi connectivity index (χ1v) is 5.55. The maximum Gasteiger partial charge on any atom is 0.0977 e. The van der Waals surface area contributed by atoms with E-state index in [-0.39, 0.29) is 11.1 Å². The molecule has 1 saturated heterocycles. The summed E-state index contributed by atoms with van der Waals surface area (Å²) in [4.78, 5) is 0. The van der Waals surface area contributed by atoms with Crippen LogP contribution in [0.15, 0.2) is 0 Å². The molecular weight excluding hydrogens is 176 g/mol. The molecule has 14 heavy (non-hydrogen) atoms. The van der Waals surface area contributed by atoms with Crippen molar-refractivity contribution < 1.29 is 10.5 Å². The van der Waals surface area contributed by atoms with Gasteiger partial charge in [0.25, 0.3) is 0 Å². The van der Waals surface area contributed by atoms with Crippen LogP contribution in [0, 0.1) is 0 Å². The summed E-state index contributed by atoms with van der Waals surface area (Å²) in [5.74, 6) is 0. The Morgan fingerprint density at radius 3 is 2.14 bits per heavy atom. The Morgan fingerprint density at radius 2 is 1.71 bits per heavy atom. The van der Waals surface area contributed by atoms with Crippen LogP contribution in [0.5, 0.6) is 0 Å². The predicted octanol–water partition coefficient (Wildman–Crippen LogP) is 0.554. The van der Waals surface area contributed by atoms with Crippen molar-refractivity contribution in [2.24, 2.45) is 0 Å². The molecule has 0 amide bonds. The third-order valence-corrected chi connectivity index (χ3v) is 2.65. The number of nitrogens with one attached hydrogen (secondary N) is 1. The van der Waals surface area contributed by atoms with Crippen LogP contribution in [-0.2, 0) is 4.74 Å². The Kier molecular flexibility index (Phi) is 3.56. The van der Waals surface area contributed by atoms with Gasteiger partial charge in [0.1, 0.15) is 0 Å². The summed E-state index contributed by atoms with van der Waals surface area (Å²) >= 11 is 0. The van der Waals surface area contributed by atoms with E-state index in [0.29, 0.717) is 6.10 Å². The van der Waals surface area contributed by atoms with E-state index >= 15 is 0 Å². The summed E-state index contributed by atoms with van der Waals surface area (Å²) in [7, 11) is 0. The van der Waals surface area contributed by atoms with Gasteiger partial charge in [0.2, 0.25) is 0 Å². The quantitative estimate of drug-likeness (QED) is 0.701. The molecule has 0 saturated carbocycles. The summed E-state index contributed by atoms with van der Waals surface area (Å²) in [6, 6.07) is 0. The first-order chi connectivity index (χ1) is 6.35. The Bertz CT molecular complexity index is 174. The third-order valence-electron chi connectivity index (χ3n) is 2.65. The van der Waals surface area contributed by atoms with Crippen molar-refractivity contribution in [3.05, 3.63) is 0 Å². The van der Waals surface area contributed by atoms with Gasteiger partial charge in [0.15, 0.2) is 0 Å². The fraction of sp³-hybridized carbons (Fsp3) is 1.00. The van der Waals surface area contributed by atoms with Crippen LogP contribution < -0.4 is 11.1 Å². The van der Waals surface area contributed by atoms with E-state index in [9.17, 15) is 0 Å². The van der Waals surface area contributed by atoms with E-state index in [2.05, 4.69) is 38.7 Å². The lowest BCUT2D eigenvalue weighted by molar-refractivity contribution is -0.376. The highest BCUT2D eigenvalue weighted by Gasteiger charge is 2.37. The molecule has 0 aromatic rings. The van der Waals surface area contributed by atoms with Gasteiger partial charge in [-0.2, -0.15) is 0 Å². The lowest BCUT2D eigenvalue weighted by Gasteiger charge is -2.46. The topological polar surface area (TPSA) is 48.9 Å². The minimum atomic E-state index is 0.188. The molecule has 1 fully saturated rings. The van der Waals surface area contributed by atoms with Crippen LogP contribution in [0.4, 0.5) is 0 Å². The maximum atomic E-state index is 5.80. The van der Waals surface area contributed by atoms with Gasteiger partial charge in [0.05, 0.1) is 19.3 Å². The van der Waals surface area contributed by atoms with E-state index in [1.54, 1.807) is 0 Å². The Balaban J connectivity index is 2.53. The molecule has 1 heterocycles. The molecule has 1 aliphatic heterocycles. The Labute approximate surface area is 87.4 Å². The molecule has 1 aliphatic rings. The van der Waals surface area contributed by atoms with Crippen molar-refractivity contribution in [1.82, 2.24) is 5.32 Å². The number of rotatable bonds is 3. The summed E-state index contributed by atoms with van der Waals surface area (Å²) < 4.78 is 5.80. The van der Waals surface area contributed by atoms with E-state index in [4.69, 9.17) is 4.74 Å². The highest BCUT2D eigenvalue weighted by atomic mass is 16.5.